The molecule has 1 nitrogen and oxygen atoms in total. The predicted molar refractivity (Wildman–Crippen MR) is 61.4 cm³/mol. The molecule has 5 atom stereocenters. The Kier molecular flexibility index (Phi) is 1.89. The molecule has 0 aromatic carbocycles. The number of rotatable bonds is 0. The number of aliphatic hydroxyl groups is 1. The van der Waals surface area contributed by atoms with E-state index in [1.807, 2.05) is 0 Å². The average Bonchev–Trinajstić information content (AvgIpc) is 2.71. The van der Waals surface area contributed by atoms with E-state index in [-0.39, 0.29) is 11.5 Å². The minimum absolute atomic E-state index is 0.0385. The summed E-state index contributed by atoms with van der Waals surface area (Å²) >= 11 is 0. The molecule has 2 bridgehead atoms. The van der Waals surface area contributed by atoms with Crippen LogP contribution >= 0.6 is 0 Å². The molecule has 0 aromatic rings. The van der Waals surface area contributed by atoms with E-state index in [0.717, 1.165) is 11.8 Å². The molecule has 0 heterocycles. The fraction of sp³-hybridized carbons (Fsp3) is 1.00. The Morgan fingerprint density at radius 1 is 1.13 bits per heavy atom. The molecule has 3 aliphatic carbocycles. The van der Waals surface area contributed by atoms with Gasteiger partial charge in [-0.2, -0.15) is 0 Å². The smallest absolute Gasteiger partial charge is 0.0622 e. The predicted octanol–water partition coefficient (Wildman–Crippen LogP) is 3.22. The molecule has 0 aliphatic heterocycles. The Balaban J connectivity index is 2.05. The second-order valence-electron chi connectivity index (χ2n) is 7.03. The largest absolute Gasteiger partial charge is 0.392 e. The van der Waals surface area contributed by atoms with Gasteiger partial charge in [-0.25, -0.2) is 0 Å². The third kappa shape index (κ3) is 1.03. The van der Waals surface area contributed by atoms with Gasteiger partial charge in [-0.15, -0.1) is 0 Å². The minimum atomic E-state index is -0.0385. The van der Waals surface area contributed by atoms with Crippen LogP contribution in [0.5, 0.6) is 0 Å². The lowest BCUT2D eigenvalue weighted by atomic mass is 9.55. The zero-order valence-electron chi connectivity index (χ0n) is 10.3. The van der Waals surface area contributed by atoms with Crippen molar-refractivity contribution in [2.24, 2.45) is 28.6 Å². The summed E-state index contributed by atoms with van der Waals surface area (Å²) in [6.07, 6.45) is 6.72. The molecule has 0 unspecified atom stereocenters. The maximum absolute atomic E-state index is 10.5. The SMILES string of the molecule is C[C@@H]1CC[C@H]2C(C)(C)[C@@H](O)[C@H]3CC[C@@]12C3. The van der Waals surface area contributed by atoms with E-state index in [9.17, 15) is 5.11 Å². The van der Waals surface area contributed by atoms with Crippen LogP contribution in [0.4, 0.5) is 0 Å². The lowest BCUT2D eigenvalue weighted by Crippen LogP contribution is -2.50. The van der Waals surface area contributed by atoms with E-state index in [4.69, 9.17) is 0 Å². The van der Waals surface area contributed by atoms with Gasteiger partial charge in [0.15, 0.2) is 0 Å². The van der Waals surface area contributed by atoms with Crippen LogP contribution in [0.15, 0.2) is 0 Å². The molecule has 1 heteroatoms. The summed E-state index contributed by atoms with van der Waals surface area (Å²) in [7, 11) is 0. The lowest BCUT2D eigenvalue weighted by molar-refractivity contribution is -0.101. The molecule has 3 fully saturated rings. The summed E-state index contributed by atoms with van der Waals surface area (Å²) in [5, 5.41) is 10.5. The Bertz CT molecular complexity index is 283. The van der Waals surface area contributed by atoms with Gasteiger partial charge in [0.05, 0.1) is 6.10 Å². The topological polar surface area (TPSA) is 20.2 Å². The maximum Gasteiger partial charge on any atom is 0.0622 e. The van der Waals surface area contributed by atoms with Crippen LogP contribution in [0.1, 0.15) is 52.9 Å². The molecular weight excluding hydrogens is 184 g/mol. The van der Waals surface area contributed by atoms with Gasteiger partial charge in [0.25, 0.3) is 0 Å². The van der Waals surface area contributed by atoms with Gasteiger partial charge >= 0.3 is 0 Å². The molecule has 3 aliphatic rings. The molecule has 0 aromatic heterocycles. The highest BCUT2D eigenvalue weighted by Gasteiger charge is 2.63. The van der Waals surface area contributed by atoms with E-state index >= 15 is 0 Å². The van der Waals surface area contributed by atoms with E-state index in [1.54, 1.807) is 0 Å². The summed E-state index contributed by atoms with van der Waals surface area (Å²) in [5.41, 5.74) is 0.789. The first-order valence-corrected chi connectivity index (χ1v) is 6.66. The first kappa shape index (κ1) is 10.1. The van der Waals surface area contributed by atoms with Gasteiger partial charge in [-0.05, 0) is 60.7 Å². The highest BCUT2D eigenvalue weighted by molar-refractivity contribution is 5.12. The highest BCUT2D eigenvalue weighted by atomic mass is 16.3. The average molecular weight is 208 g/mol. The Morgan fingerprint density at radius 2 is 1.87 bits per heavy atom. The van der Waals surface area contributed by atoms with Crippen LogP contribution in [-0.2, 0) is 0 Å². The summed E-state index contributed by atoms with van der Waals surface area (Å²) < 4.78 is 0. The fourth-order valence-corrected chi connectivity index (χ4v) is 5.44. The van der Waals surface area contributed by atoms with Crippen LogP contribution in [0.25, 0.3) is 0 Å². The Hall–Kier alpha value is -0.0400. The molecular formula is C14H24O. The van der Waals surface area contributed by atoms with Crippen molar-refractivity contribution in [2.45, 2.75) is 59.0 Å². The Labute approximate surface area is 93.3 Å². The zero-order chi connectivity index (χ0) is 10.8. The first-order valence-electron chi connectivity index (χ1n) is 6.66. The third-order valence-electron chi connectivity index (χ3n) is 6.29. The van der Waals surface area contributed by atoms with Gasteiger partial charge in [-0.3, -0.25) is 0 Å². The van der Waals surface area contributed by atoms with E-state index in [0.29, 0.717) is 11.3 Å². The fourth-order valence-electron chi connectivity index (χ4n) is 5.44. The number of aliphatic hydroxyl groups excluding tert-OH is 1. The monoisotopic (exact) mass is 208 g/mol. The van der Waals surface area contributed by atoms with Crippen molar-refractivity contribution in [3.05, 3.63) is 0 Å². The molecule has 0 saturated heterocycles. The van der Waals surface area contributed by atoms with Crippen molar-refractivity contribution in [1.82, 2.24) is 0 Å². The van der Waals surface area contributed by atoms with Crippen LogP contribution < -0.4 is 0 Å². The molecule has 0 radical (unpaired) electrons. The maximum atomic E-state index is 10.5. The first-order chi connectivity index (χ1) is 6.98. The van der Waals surface area contributed by atoms with Crippen molar-refractivity contribution in [3.8, 4) is 0 Å². The number of hydrogen-bond acceptors (Lipinski definition) is 1. The van der Waals surface area contributed by atoms with Crippen molar-refractivity contribution in [2.75, 3.05) is 0 Å². The van der Waals surface area contributed by atoms with Crippen molar-refractivity contribution in [1.29, 1.82) is 0 Å². The van der Waals surface area contributed by atoms with E-state index < -0.39 is 0 Å². The highest BCUT2D eigenvalue weighted by Crippen LogP contribution is 2.69. The van der Waals surface area contributed by atoms with Gasteiger partial charge < -0.3 is 5.11 Å². The van der Waals surface area contributed by atoms with Gasteiger partial charge in [0.1, 0.15) is 0 Å². The summed E-state index contributed by atoms with van der Waals surface area (Å²) in [6, 6.07) is 0. The second-order valence-corrected chi connectivity index (χ2v) is 7.03. The Morgan fingerprint density at radius 3 is 2.60 bits per heavy atom. The summed E-state index contributed by atoms with van der Waals surface area (Å²) in [4.78, 5) is 0. The van der Waals surface area contributed by atoms with Crippen LogP contribution in [0.3, 0.4) is 0 Å². The van der Waals surface area contributed by atoms with Gasteiger partial charge in [-0.1, -0.05) is 20.8 Å². The van der Waals surface area contributed by atoms with Crippen molar-refractivity contribution in [3.63, 3.8) is 0 Å². The summed E-state index contributed by atoms with van der Waals surface area (Å²) in [5.74, 6) is 2.30. The minimum Gasteiger partial charge on any atom is -0.392 e. The second kappa shape index (κ2) is 2.80. The summed E-state index contributed by atoms with van der Waals surface area (Å²) in [6.45, 7) is 7.08. The van der Waals surface area contributed by atoms with Gasteiger partial charge in [0.2, 0.25) is 0 Å². The normalized spacial score (nSPS) is 56.8. The van der Waals surface area contributed by atoms with Crippen molar-refractivity contribution >= 4 is 0 Å². The molecule has 86 valence electrons. The van der Waals surface area contributed by atoms with E-state index in [1.165, 1.54) is 32.1 Å². The van der Waals surface area contributed by atoms with E-state index in [2.05, 4.69) is 20.8 Å². The molecule has 1 spiro atoms. The van der Waals surface area contributed by atoms with Crippen LogP contribution in [0.2, 0.25) is 0 Å². The van der Waals surface area contributed by atoms with Crippen LogP contribution in [-0.4, -0.2) is 11.2 Å². The lowest BCUT2D eigenvalue weighted by Gasteiger charge is -2.51. The number of hydrogen-bond donors (Lipinski definition) is 1. The molecule has 3 rings (SSSR count). The molecule has 1 N–H and O–H groups in total. The van der Waals surface area contributed by atoms with Crippen LogP contribution in [0, 0.1) is 28.6 Å². The standard InChI is InChI=1S/C14H24O/c1-9-4-5-11-13(2,3)12(15)10-6-7-14(9,11)8-10/h9-12,15H,4-8H2,1-3H3/t9-,10+,11+,12+,14-/m1/s1. The third-order valence-corrected chi connectivity index (χ3v) is 6.29. The van der Waals surface area contributed by atoms with Crippen molar-refractivity contribution < 1.29 is 5.11 Å². The molecule has 3 saturated carbocycles. The molecule has 0 amide bonds. The number of fused-ring (bicyclic) bond motifs is 1. The molecule has 15 heavy (non-hydrogen) atoms. The zero-order valence-corrected chi connectivity index (χ0v) is 10.3. The quantitative estimate of drug-likeness (QED) is 0.648. The van der Waals surface area contributed by atoms with Gasteiger partial charge in [0, 0.05) is 0 Å².